The number of nitrogens with one attached hydrogen (secondary N) is 3. The van der Waals surface area contributed by atoms with E-state index >= 15 is 4.39 Å². The Kier molecular flexibility index (Phi) is 11.2. The summed E-state index contributed by atoms with van der Waals surface area (Å²) in [7, 11) is 1.30. The first-order valence-electron chi connectivity index (χ1n) is 22.4. The third-order valence-electron chi connectivity index (χ3n) is 12.9. The number of halogens is 1. The number of likely N-dealkylation sites (tertiary alicyclic amines) is 2. The summed E-state index contributed by atoms with van der Waals surface area (Å²) < 4.78 is 41.7. The first-order valence-corrected chi connectivity index (χ1v) is 23.2. The summed E-state index contributed by atoms with van der Waals surface area (Å²) in [5.74, 6) is 1.04. The van der Waals surface area contributed by atoms with Crippen molar-refractivity contribution in [1.29, 1.82) is 0 Å². The first-order chi connectivity index (χ1) is 31.3. The van der Waals surface area contributed by atoms with Crippen LogP contribution >= 0.6 is 11.3 Å². The van der Waals surface area contributed by atoms with Gasteiger partial charge in [-0.2, -0.15) is 0 Å². The van der Waals surface area contributed by atoms with Crippen LogP contribution < -0.4 is 10.1 Å². The second-order valence-corrected chi connectivity index (χ2v) is 19.7. The molecule has 0 radical (unpaired) electrons. The highest BCUT2D eigenvalue weighted by atomic mass is 32.1. The van der Waals surface area contributed by atoms with Gasteiger partial charge < -0.3 is 39.1 Å². The molecule has 10 rings (SSSR count). The molecule has 1 unspecified atom stereocenters. The molecule has 2 aromatic carbocycles. The van der Waals surface area contributed by atoms with E-state index in [1.54, 1.807) is 28.6 Å². The van der Waals surface area contributed by atoms with Crippen molar-refractivity contribution in [1.82, 2.24) is 39.6 Å². The largest absolute Gasteiger partial charge is 0.464 e. The Morgan fingerprint density at radius 2 is 1.72 bits per heavy atom. The van der Waals surface area contributed by atoms with Crippen LogP contribution in [0.15, 0.2) is 60.9 Å². The van der Waals surface area contributed by atoms with Gasteiger partial charge in [-0.3, -0.25) is 14.3 Å². The number of carbonyl (C=O) groups is 3. The number of carbonyl (C=O) groups excluding carboxylic acids is 3. The molecule has 65 heavy (non-hydrogen) atoms. The number of H-pyrrole nitrogens is 2. The first kappa shape index (κ1) is 42.7. The number of methoxy groups -OCH3 is 1. The Morgan fingerprint density at radius 1 is 0.954 bits per heavy atom. The van der Waals surface area contributed by atoms with Crippen molar-refractivity contribution >= 4 is 40.3 Å². The van der Waals surface area contributed by atoms with Crippen molar-refractivity contribution in [2.75, 3.05) is 33.4 Å². The summed E-state index contributed by atoms with van der Waals surface area (Å²) >= 11 is 1.63. The third-order valence-corrected chi connectivity index (χ3v) is 14.0. The monoisotopic (exact) mass is 904 g/mol. The van der Waals surface area contributed by atoms with Crippen LogP contribution in [0.5, 0.6) is 5.75 Å². The minimum atomic E-state index is -0.726. The highest BCUT2D eigenvalue weighted by Gasteiger charge is 2.41. The van der Waals surface area contributed by atoms with E-state index in [1.807, 2.05) is 49.9 Å². The Morgan fingerprint density at radius 3 is 2.46 bits per heavy atom. The van der Waals surface area contributed by atoms with Gasteiger partial charge in [0.1, 0.15) is 34.9 Å². The molecular weight excluding hydrogens is 852 g/mol. The Balaban J connectivity index is 0.952. The molecular formula is C48H53FN8O7S. The van der Waals surface area contributed by atoms with Crippen LogP contribution in [0.4, 0.5) is 14.0 Å². The molecule has 4 atom stereocenters. The van der Waals surface area contributed by atoms with Crippen molar-refractivity contribution in [2.45, 2.75) is 96.2 Å². The molecule has 0 spiro atoms. The number of aryl methyl sites for hydroxylation is 1. The second-order valence-electron chi connectivity index (χ2n) is 18.4. The molecule has 6 aromatic rings. The number of fused-ring (bicyclic) bond motifs is 5. The standard InChI is InChI=1S/C48H53FN8O7S/c1-26-10-13-39(65-26)45-57-34-12-11-28(32-24-50-42(52-32)35-8-6-16-55(35)44(58)41(54-46(59)61-5)27-14-18-62-19-15-27)20-30(34)22-37(57)40-31(49)21-29(23-38(40)63-45)33-25-51-43(53-33)36-9-7-17-56(36)47(60)64-48(2,3)4/h10-13,20-25,27,35-36,41,45H,6-9,14-19H2,1-5H3,(H,50,52)(H,51,53)(H,54,59)/t35-,36-,41-,45?/m0/s1. The van der Waals surface area contributed by atoms with Crippen LogP contribution in [0.3, 0.4) is 0 Å². The van der Waals surface area contributed by atoms with E-state index in [9.17, 15) is 14.4 Å². The summed E-state index contributed by atoms with van der Waals surface area (Å²) in [5, 5.41) is 3.71. The van der Waals surface area contributed by atoms with Crippen LogP contribution in [0.25, 0.3) is 44.7 Å². The minimum absolute atomic E-state index is 0.0637. The van der Waals surface area contributed by atoms with E-state index in [0.717, 1.165) is 57.6 Å². The summed E-state index contributed by atoms with van der Waals surface area (Å²) in [6.45, 7) is 9.79. The average Bonchev–Trinajstić information content (AvgIpc) is 4.15. The zero-order chi connectivity index (χ0) is 45.1. The van der Waals surface area contributed by atoms with Gasteiger partial charge in [0, 0.05) is 53.9 Å². The van der Waals surface area contributed by atoms with Gasteiger partial charge in [-0.05, 0) is 115 Å². The molecule has 3 N–H and O–H groups in total. The number of rotatable bonds is 8. The molecule has 4 aromatic heterocycles. The third kappa shape index (κ3) is 8.13. The lowest BCUT2D eigenvalue weighted by atomic mass is 9.90. The fourth-order valence-corrected chi connectivity index (χ4v) is 10.8. The van der Waals surface area contributed by atoms with E-state index in [0.29, 0.717) is 79.1 Å². The fourth-order valence-electron chi connectivity index (χ4n) is 9.87. The van der Waals surface area contributed by atoms with Crippen LogP contribution in [-0.4, -0.2) is 97.5 Å². The quantitative estimate of drug-likeness (QED) is 0.135. The van der Waals surface area contributed by atoms with Gasteiger partial charge in [-0.1, -0.05) is 6.07 Å². The lowest BCUT2D eigenvalue weighted by molar-refractivity contribution is -0.136. The molecule has 8 heterocycles. The van der Waals surface area contributed by atoms with Crippen LogP contribution in [-0.2, 0) is 19.0 Å². The predicted octanol–water partition coefficient (Wildman–Crippen LogP) is 9.42. The van der Waals surface area contributed by atoms with Gasteiger partial charge in [0.05, 0.1) is 58.4 Å². The fraction of sp³-hybridized carbons (Fsp3) is 0.438. The number of hydrogen-bond acceptors (Lipinski definition) is 10. The summed E-state index contributed by atoms with van der Waals surface area (Å²) in [4.78, 5) is 61.7. The van der Waals surface area contributed by atoms with E-state index in [1.165, 1.54) is 13.2 Å². The molecule has 3 amide bonds. The smallest absolute Gasteiger partial charge is 0.410 e. The molecule has 340 valence electrons. The number of aromatic amines is 2. The number of alkyl carbamates (subject to hydrolysis) is 1. The highest BCUT2D eigenvalue weighted by molar-refractivity contribution is 7.12. The van der Waals surface area contributed by atoms with Gasteiger partial charge in [0.25, 0.3) is 0 Å². The normalized spacial score (nSPS) is 20.4. The molecule has 0 aliphatic carbocycles. The van der Waals surface area contributed by atoms with Gasteiger partial charge in [-0.25, -0.2) is 23.9 Å². The molecule has 0 saturated carbocycles. The number of aromatic nitrogens is 5. The number of amides is 3. The number of hydrogen-bond donors (Lipinski definition) is 3. The number of nitrogens with zero attached hydrogens (tertiary/aromatic N) is 5. The van der Waals surface area contributed by atoms with Crippen molar-refractivity contribution in [3.63, 3.8) is 0 Å². The van der Waals surface area contributed by atoms with Gasteiger partial charge >= 0.3 is 12.2 Å². The number of benzene rings is 2. The van der Waals surface area contributed by atoms with Crippen molar-refractivity contribution in [2.24, 2.45) is 5.92 Å². The topological polar surface area (TPSA) is 169 Å². The predicted molar refractivity (Wildman–Crippen MR) is 242 cm³/mol. The summed E-state index contributed by atoms with van der Waals surface area (Å²) in [6, 6.07) is 14.3. The van der Waals surface area contributed by atoms with Gasteiger partial charge in [0.2, 0.25) is 12.1 Å². The van der Waals surface area contributed by atoms with E-state index < -0.39 is 29.8 Å². The SMILES string of the molecule is COC(=O)N[C@H](C(=O)N1CCC[C@H]1c1ncc(-c2ccc3c(c2)cc2n3C(c3ccc(C)s3)Oc3cc(-c4c[nH]c([C@@H]5CCCN5C(=O)OC(C)(C)C)n4)cc(F)c3-2)[nH]1)C1CCOCC1. The molecule has 0 bridgehead atoms. The van der Waals surface area contributed by atoms with E-state index in [-0.39, 0.29) is 30.0 Å². The van der Waals surface area contributed by atoms with Gasteiger partial charge in [-0.15, -0.1) is 11.3 Å². The highest BCUT2D eigenvalue weighted by Crippen LogP contribution is 2.48. The zero-order valence-corrected chi connectivity index (χ0v) is 37.9. The maximum absolute atomic E-state index is 16.7. The van der Waals surface area contributed by atoms with Gasteiger partial charge in [0.15, 0.2) is 0 Å². The van der Waals surface area contributed by atoms with E-state index in [4.69, 9.17) is 28.9 Å². The van der Waals surface area contributed by atoms with Crippen LogP contribution in [0.1, 0.15) is 99.0 Å². The summed E-state index contributed by atoms with van der Waals surface area (Å²) in [5.41, 5.74) is 4.05. The Labute approximate surface area is 379 Å². The lowest BCUT2D eigenvalue weighted by Crippen LogP contribution is -2.53. The summed E-state index contributed by atoms with van der Waals surface area (Å²) in [6.07, 6.45) is 6.38. The van der Waals surface area contributed by atoms with Crippen LogP contribution in [0, 0.1) is 18.7 Å². The molecule has 4 aliphatic rings. The zero-order valence-electron chi connectivity index (χ0n) is 37.1. The number of thiophene rings is 1. The molecule has 17 heteroatoms. The van der Waals surface area contributed by atoms with Crippen molar-refractivity contribution in [3.8, 4) is 39.5 Å². The van der Waals surface area contributed by atoms with E-state index in [2.05, 4.69) is 45.0 Å². The number of imidazole rings is 2. The van der Waals surface area contributed by atoms with Crippen molar-refractivity contribution < 1.29 is 37.7 Å². The average molecular weight is 905 g/mol. The molecule has 15 nitrogen and oxygen atoms in total. The molecule has 3 fully saturated rings. The Hall–Kier alpha value is -6.20. The number of ether oxygens (including phenoxy) is 4. The second kappa shape index (κ2) is 17.0. The van der Waals surface area contributed by atoms with Crippen molar-refractivity contribution in [3.05, 3.63) is 88.1 Å². The Bertz CT molecular complexity index is 2780. The lowest BCUT2D eigenvalue weighted by Gasteiger charge is -2.34. The molecule has 3 saturated heterocycles. The maximum atomic E-state index is 16.7. The maximum Gasteiger partial charge on any atom is 0.410 e. The molecule has 4 aliphatic heterocycles. The van der Waals surface area contributed by atoms with Crippen LogP contribution in [0.2, 0.25) is 0 Å². The minimum Gasteiger partial charge on any atom is -0.464 e.